The zero-order valence-electron chi connectivity index (χ0n) is 28.1. The summed E-state index contributed by atoms with van der Waals surface area (Å²) in [4.78, 5) is 0. The van der Waals surface area contributed by atoms with Crippen LogP contribution in [0.25, 0.3) is 27.8 Å². The second-order valence-corrected chi connectivity index (χ2v) is 13.9. The first-order chi connectivity index (χ1) is 22.5. The Bertz CT molecular complexity index is 1460. The minimum atomic E-state index is -0.789. The predicted molar refractivity (Wildman–Crippen MR) is 189 cm³/mol. The summed E-state index contributed by atoms with van der Waals surface area (Å²) in [5.41, 5.74) is 4.82. The molecule has 0 nitrogen and oxygen atoms in total. The van der Waals surface area contributed by atoms with Gasteiger partial charge < -0.3 is 0 Å². The Morgan fingerprint density at radius 3 is 2.09 bits per heavy atom. The largest absolute Gasteiger partial charge is 0.206 e. The van der Waals surface area contributed by atoms with Crippen LogP contribution in [0.15, 0.2) is 72.8 Å². The van der Waals surface area contributed by atoms with Gasteiger partial charge >= 0.3 is 0 Å². The Morgan fingerprint density at radius 2 is 1.39 bits per heavy atom. The summed E-state index contributed by atoms with van der Waals surface area (Å²) in [6.45, 7) is 4.29. The van der Waals surface area contributed by atoms with Crippen LogP contribution in [0, 0.1) is 35.2 Å². The monoisotopic (exact) mass is 626 g/mol. The summed E-state index contributed by atoms with van der Waals surface area (Å²) in [5, 5.41) is 0. The average Bonchev–Trinajstić information content (AvgIpc) is 3.09. The van der Waals surface area contributed by atoms with Gasteiger partial charge in [0.1, 0.15) is 5.82 Å². The van der Waals surface area contributed by atoms with Crippen molar-refractivity contribution in [3.8, 4) is 22.3 Å². The third-order valence-electron chi connectivity index (χ3n) is 10.8. The molecule has 5 rings (SSSR count). The Morgan fingerprint density at radius 1 is 0.696 bits per heavy atom. The van der Waals surface area contributed by atoms with Crippen LogP contribution in [-0.4, -0.2) is 0 Å². The normalized spacial score (nSPS) is 20.3. The van der Waals surface area contributed by atoms with Gasteiger partial charge in [-0.1, -0.05) is 119 Å². The van der Waals surface area contributed by atoms with Crippen molar-refractivity contribution in [2.45, 2.75) is 117 Å². The van der Waals surface area contributed by atoms with Gasteiger partial charge in [0, 0.05) is 11.1 Å². The standard InChI is InChI=1S/C43H53F3/c1-3-5-7-8-9-11-13-37-26-29-40(43(46)42(37)45)36-24-20-34(21-25-36)38-27-28-39(41(44)30-38)35-22-18-33(19-23-35)32-16-14-31(15-17-32)12-10-6-4-2/h4,6,20-22,24-33H,3,5,7-19,23H2,1-2H3. The van der Waals surface area contributed by atoms with E-state index in [9.17, 15) is 4.39 Å². The van der Waals surface area contributed by atoms with E-state index in [0.717, 1.165) is 73.0 Å². The molecule has 0 N–H and O–H groups in total. The minimum absolute atomic E-state index is 0.193. The number of hydrogen-bond donors (Lipinski definition) is 0. The van der Waals surface area contributed by atoms with Crippen molar-refractivity contribution in [1.29, 1.82) is 0 Å². The van der Waals surface area contributed by atoms with E-state index < -0.39 is 11.6 Å². The number of allylic oxidation sites excluding steroid dienone is 4. The second-order valence-electron chi connectivity index (χ2n) is 13.9. The first-order valence-corrected chi connectivity index (χ1v) is 18.2. The van der Waals surface area contributed by atoms with Crippen LogP contribution in [0.5, 0.6) is 0 Å². The summed E-state index contributed by atoms with van der Waals surface area (Å²) in [7, 11) is 0. The minimum Gasteiger partial charge on any atom is -0.206 e. The van der Waals surface area contributed by atoms with Crippen LogP contribution in [-0.2, 0) is 6.42 Å². The van der Waals surface area contributed by atoms with Gasteiger partial charge in [-0.05, 0) is 116 Å². The van der Waals surface area contributed by atoms with E-state index in [0.29, 0.717) is 23.1 Å². The molecule has 0 bridgehead atoms. The maximum absolute atomic E-state index is 15.5. The summed E-state index contributed by atoms with van der Waals surface area (Å²) in [5.74, 6) is 0.722. The Hall–Kier alpha value is -3.07. The lowest BCUT2D eigenvalue weighted by Gasteiger charge is -2.35. The second kappa shape index (κ2) is 17.2. The van der Waals surface area contributed by atoms with Crippen molar-refractivity contribution in [3.05, 3.63) is 101 Å². The molecule has 246 valence electrons. The summed E-state index contributed by atoms with van der Waals surface area (Å²) in [6, 6.07) is 16.2. The molecule has 0 spiro atoms. The molecule has 0 aliphatic heterocycles. The van der Waals surface area contributed by atoms with Crippen molar-refractivity contribution in [1.82, 2.24) is 0 Å². The highest BCUT2D eigenvalue weighted by Crippen LogP contribution is 2.42. The van der Waals surface area contributed by atoms with Gasteiger partial charge in [-0.15, -0.1) is 0 Å². The number of hydrogen-bond acceptors (Lipinski definition) is 0. The van der Waals surface area contributed by atoms with Crippen LogP contribution in [0.4, 0.5) is 13.2 Å². The van der Waals surface area contributed by atoms with E-state index in [1.54, 1.807) is 30.3 Å². The maximum Gasteiger partial charge on any atom is 0.166 e. The van der Waals surface area contributed by atoms with Crippen molar-refractivity contribution in [2.75, 3.05) is 0 Å². The first kappa shape index (κ1) is 34.3. The van der Waals surface area contributed by atoms with Crippen molar-refractivity contribution < 1.29 is 13.2 Å². The van der Waals surface area contributed by atoms with Crippen LogP contribution in [0.2, 0.25) is 0 Å². The van der Waals surface area contributed by atoms with Crippen LogP contribution >= 0.6 is 0 Å². The summed E-state index contributed by atoms with van der Waals surface area (Å²) in [6.07, 6.45) is 25.1. The fraction of sp³-hybridized carbons (Fsp3) is 0.488. The topological polar surface area (TPSA) is 0 Å². The molecule has 46 heavy (non-hydrogen) atoms. The number of benzene rings is 3. The molecule has 2 aliphatic rings. The Balaban J connectivity index is 1.17. The van der Waals surface area contributed by atoms with Gasteiger partial charge in [-0.2, -0.15) is 0 Å². The van der Waals surface area contributed by atoms with E-state index in [4.69, 9.17) is 0 Å². The molecule has 2 aliphatic carbocycles. The molecule has 0 radical (unpaired) electrons. The van der Waals surface area contributed by atoms with Gasteiger partial charge in [-0.3, -0.25) is 0 Å². The molecule has 0 saturated heterocycles. The molecule has 1 fully saturated rings. The van der Waals surface area contributed by atoms with E-state index in [1.807, 2.05) is 24.3 Å². The zero-order chi connectivity index (χ0) is 32.3. The first-order valence-electron chi connectivity index (χ1n) is 18.2. The lowest BCUT2D eigenvalue weighted by molar-refractivity contribution is 0.190. The van der Waals surface area contributed by atoms with Gasteiger partial charge in [0.2, 0.25) is 0 Å². The average molecular weight is 627 g/mol. The highest BCUT2D eigenvalue weighted by molar-refractivity contribution is 5.74. The third kappa shape index (κ3) is 8.84. The molecular formula is C43H53F3. The molecule has 3 aromatic rings. The van der Waals surface area contributed by atoms with Gasteiger partial charge in [0.25, 0.3) is 0 Å². The van der Waals surface area contributed by atoms with Gasteiger partial charge in [0.05, 0.1) is 0 Å². The van der Waals surface area contributed by atoms with Gasteiger partial charge in [0.15, 0.2) is 11.6 Å². The molecule has 1 atom stereocenters. The highest BCUT2D eigenvalue weighted by Gasteiger charge is 2.29. The van der Waals surface area contributed by atoms with E-state index in [1.165, 1.54) is 57.8 Å². The lowest BCUT2D eigenvalue weighted by Crippen LogP contribution is -2.23. The van der Waals surface area contributed by atoms with E-state index in [2.05, 4.69) is 32.1 Å². The Labute approximate surface area is 276 Å². The van der Waals surface area contributed by atoms with Crippen molar-refractivity contribution >= 4 is 5.57 Å². The summed E-state index contributed by atoms with van der Waals surface area (Å²) >= 11 is 0. The number of halogens is 3. The van der Waals surface area contributed by atoms with Crippen LogP contribution in [0.3, 0.4) is 0 Å². The molecule has 3 heteroatoms. The lowest BCUT2D eigenvalue weighted by atomic mass is 9.70. The molecule has 0 heterocycles. The number of rotatable bonds is 14. The fourth-order valence-electron chi connectivity index (χ4n) is 7.87. The molecule has 0 amide bonds. The van der Waals surface area contributed by atoms with Crippen LogP contribution in [0.1, 0.15) is 121 Å². The smallest absolute Gasteiger partial charge is 0.166 e. The Kier molecular flexibility index (Phi) is 12.8. The predicted octanol–water partition coefficient (Wildman–Crippen LogP) is 13.7. The number of aryl methyl sites for hydroxylation is 1. The molecular weight excluding hydrogens is 573 g/mol. The highest BCUT2D eigenvalue weighted by atomic mass is 19.2. The van der Waals surface area contributed by atoms with Crippen molar-refractivity contribution in [2.24, 2.45) is 17.8 Å². The number of unbranched alkanes of at least 4 members (excludes halogenated alkanes) is 5. The zero-order valence-corrected chi connectivity index (χ0v) is 28.1. The van der Waals surface area contributed by atoms with Gasteiger partial charge in [-0.25, -0.2) is 13.2 Å². The molecule has 1 unspecified atom stereocenters. The van der Waals surface area contributed by atoms with E-state index in [-0.39, 0.29) is 11.4 Å². The van der Waals surface area contributed by atoms with Crippen LogP contribution < -0.4 is 0 Å². The van der Waals surface area contributed by atoms with E-state index >= 15 is 8.78 Å². The fourth-order valence-corrected chi connectivity index (χ4v) is 7.87. The molecule has 0 aromatic heterocycles. The quantitative estimate of drug-likeness (QED) is 0.123. The molecule has 1 saturated carbocycles. The molecule has 3 aromatic carbocycles. The maximum atomic E-state index is 15.5. The summed E-state index contributed by atoms with van der Waals surface area (Å²) < 4.78 is 45.5. The SMILES string of the molecule is CC=CCCC1CCC(C2CC=C(c3ccc(-c4ccc(-c5ccc(CCCCCCCC)c(F)c5F)cc4)cc3F)CC2)CC1. The van der Waals surface area contributed by atoms with Crippen molar-refractivity contribution in [3.63, 3.8) is 0 Å². The third-order valence-corrected chi connectivity index (χ3v) is 10.8.